The minimum absolute atomic E-state index is 0.118. The number of aromatic nitrogens is 2. The zero-order valence-corrected chi connectivity index (χ0v) is 18.5. The lowest BCUT2D eigenvalue weighted by molar-refractivity contribution is 0.0748. The summed E-state index contributed by atoms with van der Waals surface area (Å²) in [5, 5.41) is 6.71. The van der Waals surface area contributed by atoms with E-state index in [1.54, 1.807) is 41.3 Å². The number of benzene rings is 2. The van der Waals surface area contributed by atoms with E-state index in [0.29, 0.717) is 66.9 Å². The van der Waals surface area contributed by atoms with Crippen LogP contribution in [0.3, 0.4) is 0 Å². The molecular formula is C24H26N4O5. The van der Waals surface area contributed by atoms with Crippen molar-refractivity contribution < 1.29 is 23.6 Å². The summed E-state index contributed by atoms with van der Waals surface area (Å²) in [6.45, 7) is 4.44. The number of amides is 2. The fourth-order valence-corrected chi connectivity index (χ4v) is 3.57. The van der Waals surface area contributed by atoms with E-state index >= 15 is 0 Å². The number of carbonyl (C=O) groups excluding carboxylic acids is 2. The van der Waals surface area contributed by atoms with Gasteiger partial charge >= 0.3 is 0 Å². The largest absolute Gasteiger partial charge is 0.490 e. The monoisotopic (exact) mass is 450 g/mol. The van der Waals surface area contributed by atoms with Crippen molar-refractivity contribution in [1.29, 1.82) is 0 Å². The molecule has 0 atom stereocenters. The van der Waals surface area contributed by atoms with Gasteiger partial charge in [-0.2, -0.15) is 4.98 Å². The van der Waals surface area contributed by atoms with Gasteiger partial charge in [0.25, 0.3) is 11.8 Å². The molecule has 9 heteroatoms. The Hall–Kier alpha value is -3.88. The summed E-state index contributed by atoms with van der Waals surface area (Å²) in [6, 6.07) is 12.3. The number of ether oxygens (including phenoxy) is 2. The number of nitrogens with zero attached hydrogens (tertiary/aromatic N) is 3. The molecule has 2 aromatic carbocycles. The van der Waals surface area contributed by atoms with Crippen molar-refractivity contribution in [3.8, 4) is 22.9 Å². The van der Waals surface area contributed by atoms with Gasteiger partial charge in [-0.25, -0.2) is 0 Å². The first-order valence-electron chi connectivity index (χ1n) is 11.0. The molecule has 1 aromatic heterocycles. The molecule has 0 bridgehead atoms. The topological polar surface area (TPSA) is 107 Å². The zero-order valence-electron chi connectivity index (χ0n) is 18.5. The predicted octanol–water partition coefficient (Wildman–Crippen LogP) is 3.18. The van der Waals surface area contributed by atoms with E-state index in [4.69, 9.17) is 14.0 Å². The van der Waals surface area contributed by atoms with Crippen LogP contribution < -0.4 is 14.8 Å². The molecule has 3 aromatic rings. The van der Waals surface area contributed by atoms with Gasteiger partial charge in [0, 0.05) is 42.7 Å². The number of rotatable bonds is 8. The van der Waals surface area contributed by atoms with Crippen LogP contribution in [0.5, 0.6) is 11.5 Å². The van der Waals surface area contributed by atoms with E-state index in [1.165, 1.54) is 6.39 Å². The molecule has 2 heterocycles. The van der Waals surface area contributed by atoms with Gasteiger partial charge in [0.05, 0.1) is 13.2 Å². The summed E-state index contributed by atoms with van der Waals surface area (Å²) in [4.78, 5) is 31.5. The van der Waals surface area contributed by atoms with Gasteiger partial charge in [0.1, 0.15) is 0 Å². The molecule has 0 radical (unpaired) electrons. The standard InChI is InChI=1S/C24H26N4O5/c1-2-10-28(24(30)19-6-3-5-17(14-19)22-26-16-33-27-22)11-9-25-23(29)18-7-8-20-21(15-18)32-13-4-12-31-20/h3,5-8,14-16H,2,4,9-13H2,1H3,(H,25,29). The van der Waals surface area contributed by atoms with Crippen LogP contribution >= 0.6 is 0 Å². The van der Waals surface area contributed by atoms with Gasteiger partial charge < -0.3 is 24.2 Å². The Balaban J connectivity index is 1.38. The quantitative estimate of drug-likeness (QED) is 0.562. The van der Waals surface area contributed by atoms with Crippen LogP contribution in [0.1, 0.15) is 40.5 Å². The average Bonchev–Trinajstić information content (AvgIpc) is 3.28. The maximum Gasteiger partial charge on any atom is 0.253 e. The highest BCUT2D eigenvalue weighted by molar-refractivity contribution is 5.96. The smallest absolute Gasteiger partial charge is 0.253 e. The highest BCUT2D eigenvalue weighted by Crippen LogP contribution is 2.30. The molecule has 0 spiro atoms. The van der Waals surface area contributed by atoms with E-state index in [9.17, 15) is 9.59 Å². The summed E-state index contributed by atoms with van der Waals surface area (Å²) in [6.07, 6.45) is 2.85. The van der Waals surface area contributed by atoms with Crippen LogP contribution in [-0.4, -0.2) is 59.7 Å². The molecule has 0 saturated heterocycles. The Kier molecular flexibility index (Phi) is 7.19. The molecule has 9 nitrogen and oxygen atoms in total. The first-order chi connectivity index (χ1) is 16.2. The Morgan fingerprint density at radius 1 is 1.03 bits per heavy atom. The van der Waals surface area contributed by atoms with Crippen molar-refractivity contribution in [1.82, 2.24) is 20.4 Å². The maximum absolute atomic E-state index is 13.1. The third-order valence-electron chi connectivity index (χ3n) is 5.19. The lowest BCUT2D eigenvalue weighted by Crippen LogP contribution is -2.39. The SMILES string of the molecule is CCCN(CCNC(=O)c1ccc2c(c1)OCCCO2)C(=O)c1cccc(-c2ncon2)c1. The molecule has 1 aliphatic heterocycles. The molecule has 2 amide bonds. The van der Waals surface area contributed by atoms with E-state index in [2.05, 4.69) is 15.5 Å². The van der Waals surface area contributed by atoms with Crippen LogP contribution in [0.4, 0.5) is 0 Å². The highest BCUT2D eigenvalue weighted by atomic mass is 16.5. The molecule has 0 aliphatic carbocycles. The van der Waals surface area contributed by atoms with Crippen LogP contribution in [0.15, 0.2) is 53.4 Å². The van der Waals surface area contributed by atoms with Crippen molar-refractivity contribution in [3.05, 3.63) is 60.0 Å². The van der Waals surface area contributed by atoms with Crippen LogP contribution in [0.25, 0.3) is 11.4 Å². The molecule has 1 aliphatic rings. The van der Waals surface area contributed by atoms with Crippen LogP contribution in [0.2, 0.25) is 0 Å². The van der Waals surface area contributed by atoms with Crippen molar-refractivity contribution in [3.63, 3.8) is 0 Å². The van der Waals surface area contributed by atoms with Gasteiger partial charge in [0.2, 0.25) is 12.2 Å². The van der Waals surface area contributed by atoms with Crippen molar-refractivity contribution in [2.45, 2.75) is 19.8 Å². The molecule has 0 fully saturated rings. The highest BCUT2D eigenvalue weighted by Gasteiger charge is 2.18. The fourth-order valence-electron chi connectivity index (χ4n) is 3.57. The molecule has 1 N–H and O–H groups in total. The summed E-state index contributed by atoms with van der Waals surface area (Å²) in [7, 11) is 0. The second kappa shape index (κ2) is 10.6. The van der Waals surface area contributed by atoms with Crippen molar-refractivity contribution in [2.24, 2.45) is 0 Å². The first kappa shape index (κ1) is 22.3. The van der Waals surface area contributed by atoms with E-state index in [0.717, 1.165) is 12.8 Å². The minimum atomic E-state index is -0.228. The summed E-state index contributed by atoms with van der Waals surface area (Å²) in [5.41, 5.74) is 1.72. The Morgan fingerprint density at radius 3 is 2.67 bits per heavy atom. The number of carbonyl (C=O) groups is 2. The lowest BCUT2D eigenvalue weighted by atomic mass is 10.1. The molecule has 172 valence electrons. The maximum atomic E-state index is 13.1. The van der Waals surface area contributed by atoms with Gasteiger partial charge in [-0.3, -0.25) is 9.59 Å². The third-order valence-corrected chi connectivity index (χ3v) is 5.19. The zero-order chi connectivity index (χ0) is 23.0. The summed E-state index contributed by atoms with van der Waals surface area (Å²) < 4.78 is 16.1. The second-order valence-corrected chi connectivity index (χ2v) is 7.60. The molecule has 0 unspecified atom stereocenters. The molecule has 4 rings (SSSR count). The van der Waals surface area contributed by atoms with E-state index in [-0.39, 0.29) is 11.8 Å². The molecular weight excluding hydrogens is 424 g/mol. The van der Waals surface area contributed by atoms with Crippen LogP contribution in [-0.2, 0) is 0 Å². The Bertz CT molecular complexity index is 1100. The van der Waals surface area contributed by atoms with E-state index < -0.39 is 0 Å². The average molecular weight is 450 g/mol. The van der Waals surface area contributed by atoms with Crippen molar-refractivity contribution in [2.75, 3.05) is 32.8 Å². The number of hydrogen-bond acceptors (Lipinski definition) is 7. The number of fused-ring (bicyclic) bond motifs is 1. The van der Waals surface area contributed by atoms with Gasteiger partial charge in [-0.15, -0.1) is 0 Å². The van der Waals surface area contributed by atoms with E-state index in [1.807, 2.05) is 13.0 Å². The summed E-state index contributed by atoms with van der Waals surface area (Å²) in [5.74, 6) is 1.30. The van der Waals surface area contributed by atoms with Gasteiger partial charge in [0.15, 0.2) is 11.5 Å². The third kappa shape index (κ3) is 5.49. The minimum Gasteiger partial charge on any atom is -0.490 e. The molecule has 0 saturated carbocycles. The number of hydrogen-bond donors (Lipinski definition) is 1. The van der Waals surface area contributed by atoms with Gasteiger partial charge in [-0.1, -0.05) is 24.2 Å². The van der Waals surface area contributed by atoms with Crippen molar-refractivity contribution >= 4 is 11.8 Å². The predicted molar refractivity (Wildman–Crippen MR) is 120 cm³/mol. The second-order valence-electron chi connectivity index (χ2n) is 7.60. The fraction of sp³-hybridized carbons (Fsp3) is 0.333. The van der Waals surface area contributed by atoms with Gasteiger partial charge in [-0.05, 0) is 36.8 Å². The summed E-state index contributed by atoms with van der Waals surface area (Å²) >= 11 is 0. The lowest BCUT2D eigenvalue weighted by Gasteiger charge is -2.22. The normalized spacial score (nSPS) is 12.6. The van der Waals surface area contributed by atoms with Crippen LogP contribution in [0, 0.1) is 0 Å². The molecule has 33 heavy (non-hydrogen) atoms. The Morgan fingerprint density at radius 2 is 1.88 bits per heavy atom. The first-order valence-corrected chi connectivity index (χ1v) is 11.0. The number of nitrogens with one attached hydrogen (secondary N) is 1. The Labute approximate surface area is 191 Å².